The van der Waals surface area contributed by atoms with E-state index in [2.05, 4.69) is 10.3 Å². The number of hydrogen-bond donors (Lipinski definition) is 3. The average molecular weight is 601 g/mol. The normalized spacial score (nSPS) is 15.5. The van der Waals surface area contributed by atoms with Gasteiger partial charge in [-0.2, -0.15) is 0 Å². The first-order valence-corrected chi connectivity index (χ1v) is 13.9. The van der Waals surface area contributed by atoms with Gasteiger partial charge in [-0.05, 0) is 77.5 Å². The Morgan fingerprint density at radius 2 is 1.77 bits per heavy atom. The van der Waals surface area contributed by atoms with Crippen LogP contribution < -0.4 is 10.1 Å². The number of halogens is 1. The Morgan fingerprint density at radius 3 is 2.44 bits per heavy atom. The molecule has 1 aliphatic rings. The number of carboxylic acid groups (broad SMARTS) is 1. The number of aliphatic hydroxyl groups excluding tert-OH is 1. The SMILES string of the molecule is CCOC(=O)c1ccc(COc2cc3ccccc3cc2/C=C2/SC(=Nc3ccc(C(O)C(=O)O)c(F)c3)NC2=O)cc1. The van der Waals surface area contributed by atoms with E-state index in [1.165, 1.54) is 6.07 Å². The van der Waals surface area contributed by atoms with Gasteiger partial charge < -0.3 is 25.0 Å². The molecule has 1 fully saturated rings. The van der Waals surface area contributed by atoms with Crippen LogP contribution in [0.25, 0.3) is 16.8 Å². The van der Waals surface area contributed by atoms with Gasteiger partial charge in [0.1, 0.15) is 18.2 Å². The van der Waals surface area contributed by atoms with Gasteiger partial charge in [0, 0.05) is 11.1 Å². The van der Waals surface area contributed by atoms with E-state index in [4.69, 9.17) is 14.6 Å². The Bertz CT molecular complexity index is 1790. The molecule has 43 heavy (non-hydrogen) atoms. The Labute approximate surface area is 249 Å². The summed E-state index contributed by atoms with van der Waals surface area (Å²) in [5.41, 5.74) is 1.67. The maximum Gasteiger partial charge on any atom is 0.338 e. The van der Waals surface area contributed by atoms with Gasteiger partial charge in [0.15, 0.2) is 11.3 Å². The molecule has 9 nitrogen and oxygen atoms in total. The molecule has 218 valence electrons. The number of carbonyl (C=O) groups is 3. The van der Waals surface area contributed by atoms with Gasteiger partial charge in [-0.15, -0.1) is 0 Å². The Balaban J connectivity index is 1.38. The van der Waals surface area contributed by atoms with Crippen molar-refractivity contribution in [3.63, 3.8) is 0 Å². The number of amidine groups is 1. The van der Waals surface area contributed by atoms with Crippen LogP contribution >= 0.6 is 11.8 Å². The molecule has 0 radical (unpaired) electrons. The molecule has 1 saturated heterocycles. The van der Waals surface area contributed by atoms with E-state index < -0.39 is 29.8 Å². The van der Waals surface area contributed by atoms with Crippen molar-refractivity contribution in [1.82, 2.24) is 5.32 Å². The lowest BCUT2D eigenvalue weighted by Crippen LogP contribution is -2.19. The summed E-state index contributed by atoms with van der Waals surface area (Å²) in [5.74, 6) is -2.77. The van der Waals surface area contributed by atoms with Crippen LogP contribution in [0.2, 0.25) is 0 Å². The van der Waals surface area contributed by atoms with Gasteiger partial charge in [0.25, 0.3) is 5.91 Å². The molecule has 3 N–H and O–H groups in total. The van der Waals surface area contributed by atoms with Crippen LogP contribution in [0.1, 0.15) is 40.1 Å². The number of carbonyl (C=O) groups excluding carboxylic acids is 2. The summed E-state index contributed by atoms with van der Waals surface area (Å²) >= 11 is 1.05. The van der Waals surface area contributed by atoms with Crippen LogP contribution in [0.3, 0.4) is 0 Å². The quantitative estimate of drug-likeness (QED) is 0.164. The molecule has 4 aromatic rings. The molecule has 1 unspecified atom stereocenters. The minimum Gasteiger partial charge on any atom is -0.488 e. The van der Waals surface area contributed by atoms with Crippen molar-refractivity contribution in [3.05, 3.63) is 112 Å². The van der Waals surface area contributed by atoms with Crippen LogP contribution in [-0.2, 0) is 20.9 Å². The average Bonchev–Trinajstić information content (AvgIpc) is 3.33. The molecule has 5 rings (SSSR count). The molecule has 11 heteroatoms. The summed E-state index contributed by atoms with van der Waals surface area (Å²) in [4.78, 5) is 40.3. The molecule has 1 aliphatic heterocycles. The fourth-order valence-electron chi connectivity index (χ4n) is 4.27. The number of ether oxygens (including phenoxy) is 2. The van der Waals surface area contributed by atoms with E-state index >= 15 is 0 Å². The van der Waals surface area contributed by atoms with Gasteiger partial charge in [-0.3, -0.25) is 4.79 Å². The van der Waals surface area contributed by atoms with Gasteiger partial charge in [0.2, 0.25) is 0 Å². The molecule has 0 spiro atoms. The van der Waals surface area contributed by atoms with Crippen molar-refractivity contribution < 1.29 is 38.5 Å². The maximum atomic E-state index is 14.4. The number of rotatable bonds is 9. The van der Waals surface area contributed by atoms with Crippen molar-refractivity contribution >= 4 is 57.3 Å². The monoisotopic (exact) mass is 600 g/mol. The minimum absolute atomic E-state index is 0.131. The third-order valence-corrected chi connectivity index (χ3v) is 7.33. The van der Waals surface area contributed by atoms with Crippen LogP contribution in [0, 0.1) is 5.82 Å². The summed E-state index contributed by atoms with van der Waals surface area (Å²) < 4.78 is 25.6. The molecule has 0 bridgehead atoms. The van der Waals surface area contributed by atoms with E-state index in [1.54, 1.807) is 37.3 Å². The lowest BCUT2D eigenvalue weighted by atomic mass is 10.1. The van der Waals surface area contributed by atoms with Gasteiger partial charge in [-0.1, -0.05) is 42.5 Å². The van der Waals surface area contributed by atoms with Crippen LogP contribution in [0.4, 0.5) is 10.1 Å². The topological polar surface area (TPSA) is 135 Å². The maximum absolute atomic E-state index is 14.4. The third-order valence-electron chi connectivity index (χ3n) is 6.42. The fraction of sp³-hybridized carbons (Fsp3) is 0.125. The second-order valence-electron chi connectivity index (χ2n) is 9.37. The van der Waals surface area contributed by atoms with E-state index in [0.29, 0.717) is 28.4 Å². The number of carboxylic acids is 1. The lowest BCUT2D eigenvalue weighted by molar-refractivity contribution is -0.147. The number of aliphatic imine (C=N–C) groups is 1. The number of nitrogens with one attached hydrogen (secondary N) is 1. The first kappa shape index (κ1) is 29.5. The van der Waals surface area contributed by atoms with Crippen molar-refractivity contribution in [2.24, 2.45) is 4.99 Å². The highest BCUT2D eigenvalue weighted by atomic mass is 32.2. The number of nitrogens with zero attached hydrogens (tertiary/aromatic N) is 1. The Morgan fingerprint density at radius 1 is 1.05 bits per heavy atom. The van der Waals surface area contributed by atoms with Crippen LogP contribution in [0.15, 0.2) is 88.8 Å². The van der Waals surface area contributed by atoms with E-state index in [1.807, 2.05) is 36.4 Å². The predicted octanol–water partition coefficient (Wildman–Crippen LogP) is 5.74. The number of esters is 1. The van der Waals surface area contributed by atoms with E-state index in [0.717, 1.165) is 40.2 Å². The zero-order valence-electron chi connectivity index (χ0n) is 22.7. The highest BCUT2D eigenvalue weighted by molar-refractivity contribution is 8.18. The fourth-order valence-corrected chi connectivity index (χ4v) is 5.10. The second kappa shape index (κ2) is 12.9. The first-order chi connectivity index (χ1) is 20.7. The molecule has 1 heterocycles. The third kappa shape index (κ3) is 6.91. The number of aliphatic hydroxyl groups is 1. The second-order valence-corrected chi connectivity index (χ2v) is 10.4. The highest BCUT2D eigenvalue weighted by Crippen LogP contribution is 2.34. The molecule has 0 aliphatic carbocycles. The summed E-state index contributed by atoms with van der Waals surface area (Å²) in [6.45, 7) is 2.25. The van der Waals surface area contributed by atoms with Crippen molar-refractivity contribution in [3.8, 4) is 5.75 Å². The van der Waals surface area contributed by atoms with E-state index in [-0.39, 0.29) is 23.0 Å². The molecule has 1 amide bonds. The number of hydrogen-bond acceptors (Lipinski definition) is 8. The molecule has 4 aromatic carbocycles. The highest BCUT2D eigenvalue weighted by Gasteiger charge is 2.25. The standard InChI is InChI=1S/C32H25FN2O7S/c1-2-41-31(40)19-9-7-18(8-10-19)17-42-26-14-21-6-4-3-5-20(21)13-22(26)15-27-29(37)35-32(43-27)34-23-11-12-24(25(33)16-23)28(36)30(38)39/h3-16,28,36H,2,17H2,1H3,(H,38,39)(H,34,35,37)/b27-15+. The number of benzene rings is 4. The van der Waals surface area contributed by atoms with Crippen molar-refractivity contribution in [2.45, 2.75) is 19.6 Å². The summed E-state index contributed by atoms with van der Waals surface area (Å²) in [6, 6.07) is 21.9. The van der Waals surface area contributed by atoms with Crippen molar-refractivity contribution in [2.75, 3.05) is 6.61 Å². The van der Waals surface area contributed by atoms with E-state index in [9.17, 15) is 23.9 Å². The molecular weight excluding hydrogens is 575 g/mol. The number of aliphatic carboxylic acids is 1. The lowest BCUT2D eigenvalue weighted by Gasteiger charge is -2.12. The number of thioether (sulfide) groups is 1. The molecule has 1 atom stereocenters. The Hall–Kier alpha value is -5.00. The summed E-state index contributed by atoms with van der Waals surface area (Å²) in [6.07, 6.45) is -0.319. The molecule has 0 saturated carbocycles. The van der Waals surface area contributed by atoms with Gasteiger partial charge >= 0.3 is 11.9 Å². The summed E-state index contributed by atoms with van der Waals surface area (Å²) in [7, 11) is 0. The van der Waals surface area contributed by atoms with Gasteiger partial charge in [0.05, 0.1) is 22.8 Å². The number of fused-ring (bicyclic) bond motifs is 1. The zero-order chi connectivity index (χ0) is 30.5. The summed E-state index contributed by atoms with van der Waals surface area (Å²) in [5, 5.41) is 23.3. The van der Waals surface area contributed by atoms with Crippen LogP contribution in [0.5, 0.6) is 5.75 Å². The molecular formula is C32H25FN2O7S. The first-order valence-electron chi connectivity index (χ1n) is 13.1. The minimum atomic E-state index is -2.00. The van der Waals surface area contributed by atoms with Crippen molar-refractivity contribution in [1.29, 1.82) is 0 Å². The number of amides is 1. The molecule has 0 aromatic heterocycles. The zero-order valence-corrected chi connectivity index (χ0v) is 23.6. The predicted molar refractivity (Wildman–Crippen MR) is 160 cm³/mol. The smallest absolute Gasteiger partial charge is 0.338 e. The largest absolute Gasteiger partial charge is 0.488 e. The Kier molecular flexibility index (Phi) is 8.84. The van der Waals surface area contributed by atoms with Crippen LogP contribution in [-0.4, -0.2) is 39.8 Å². The van der Waals surface area contributed by atoms with Gasteiger partial charge in [-0.25, -0.2) is 19.0 Å².